The minimum Gasteiger partial charge on any atom is -0.299 e. The van der Waals surface area contributed by atoms with E-state index in [4.69, 9.17) is 0 Å². The highest BCUT2D eigenvalue weighted by Crippen LogP contribution is 2.39. The Labute approximate surface area is 129 Å². The van der Waals surface area contributed by atoms with E-state index in [2.05, 4.69) is 28.5 Å². The Morgan fingerprint density at radius 3 is 3.05 bits per heavy atom. The molecule has 0 saturated heterocycles. The van der Waals surface area contributed by atoms with Crippen molar-refractivity contribution in [2.24, 2.45) is 5.92 Å². The number of nitrogens with one attached hydrogen (secondary N) is 1. The van der Waals surface area contributed by atoms with Crippen molar-refractivity contribution in [1.29, 1.82) is 5.26 Å². The van der Waals surface area contributed by atoms with Crippen LogP contribution in [0.25, 0.3) is 0 Å². The van der Waals surface area contributed by atoms with E-state index in [9.17, 15) is 5.26 Å². The Morgan fingerprint density at radius 2 is 2.40 bits per heavy atom. The second-order valence-corrected chi connectivity index (χ2v) is 7.85. The van der Waals surface area contributed by atoms with Gasteiger partial charge in [-0.25, -0.2) is 0 Å². The van der Waals surface area contributed by atoms with E-state index < -0.39 is 0 Å². The first-order chi connectivity index (χ1) is 9.70. The summed E-state index contributed by atoms with van der Waals surface area (Å²) in [5, 5.41) is 22.3. The summed E-state index contributed by atoms with van der Waals surface area (Å²) < 4.78 is 1.05. The van der Waals surface area contributed by atoms with Crippen molar-refractivity contribution in [3.05, 3.63) is 5.01 Å². The van der Waals surface area contributed by atoms with Crippen LogP contribution in [-0.2, 0) is 0 Å². The second-order valence-electron chi connectivity index (χ2n) is 5.32. The first-order valence-corrected chi connectivity index (χ1v) is 9.09. The molecular weight excluding hydrogens is 288 g/mol. The number of thioether (sulfide) groups is 1. The van der Waals surface area contributed by atoms with Crippen molar-refractivity contribution in [1.82, 2.24) is 15.5 Å². The van der Waals surface area contributed by atoms with E-state index in [0.29, 0.717) is 5.92 Å². The summed E-state index contributed by atoms with van der Waals surface area (Å²) >= 11 is 3.42. The van der Waals surface area contributed by atoms with Gasteiger partial charge in [-0.2, -0.15) is 5.26 Å². The first kappa shape index (κ1) is 15.7. The maximum Gasteiger partial charge on any atom is 0.174 e. The van der Waals surface area contributed by atoms with Gasteiger partial charge in [-0.15, -0.1) is 10.2 Å². The average Bonchev–Trinajstić information content (AvgIpc) is 3.04. The molecule has 1 fully saturated rings. The SMILES string of the molecule is CCCNC1(C#N)CCCC1CCSc1nnc(C)s1. The second kappa shape index (κ2) is 7.39. The number of nitriles is 1. The molecule has 2 atom stereocenters. The Balaban J connectivity index is 1.85. The van der Waals surface area contributed by atoms with Crippen LogP contribution in [0.2, 0.25) is 0 Å². The van der Waals surface area contributed by atoms with Crippen LogP contribution in [0.15, 0.2) is 4.34 Å². The fourth-order valence-corrected chi connectivity index (χ4v) is 4.80. The zero-order valence-electron chi connectivity index (χ0n) is 12.2. The smallest absolute Gasteiger partial charge is 0.174 e. The molecule has 0 spiro atoms. The van der Waals surface area contributed by atoms with Gasteiger partial charge >= 0.3 is 0 Å². The number of aryl methyl sites for hydroxylation is 1. The molecule has 4 nitrogen and oxygen atoms in total. The average molecular weight is 310 g/mol. The van der Waals surface area contributed by atoms with Crippen LogP contribution in [-0.4, -0.2) is 28.0 Å². The Hall–Kier alpha value is -0.640. The molecule has 0 aliphatic heterocycles. The lowest BCUT2D eigenvalue weighted by atomic mass is 9.86. The van der Waals surface area contributed by atoms with Crippen molar-refractivity contribution in [2.45, 2.75) is 55.8 Å². The quantitative estimate of drug-likeness (QED) is 0.782. The number of aromatic nitrogens is 2. The number of rotatable bonds is 7. The largest absolute Gasteiger partial charge is 0.299 e. The molecule has 0 amide bonds. The highest BCUT2D eigenvalue weighted by molar-refractivity contribution is 8.01. The van der Waals surface area contributed by atoms with E-state index >= 15 is 0 Å². The van der Waals surface area contributed by atoms with Gasteiger partial charge in [0, 0.05) is 5.75 Å². The predicted octanol–water partition coefficient (Wildman–Crippen LogP) is 3.39. The molecule has 1 heterocycles. The molecule has 2 unspecified atom stereocenters. The third-order valence-corrected chi connectivity index (χ3v) is 5.92. The third kappa shape index (κ3) is 3.72. The van der Waals surface area contributed by atoms with Crippen LogP contribution in [0.3, 0.4) is 0 Å². The molecule has 1 aromatic rings. The molecule has 0 radical (unpaired) electrons. The minimum absolute atomic E-state index is 0.284. The summed E-state index contributed by atoms with van der Waals surface area (Å²) in [6.07, 6.45) is 5.48. The maximum atomic E-state index is 9.59. The fourth-order valence-electron chi connectivity index (χ4n) is 2.86. The van der Waals surface area contributed by atoms with Gasteiger partial charge in [0.2, 0.25) is 0 Å². The van der Waals surface area contributed by atoms with Gasteiger partial charge < -0.3 is 0 Å². The molecule has 2 rings (SSSR count). The highest BCUT2D eigenvalue weighted by atomic mass is 32.2. The van der Waals surface area contributed by atoms with Gasteiger partial charge in [-0.05, 0) is 45.1 Å². The Kier molecular flexibility index (Phi) is 5.82. The monoisotopic (exact) mass is 310 g/mol. The van der Waals surface area contributed by atoms with Gasteiger partial charge in [0.1, 0.15) is 10.5 Å². The lowest BCUT2D eigenvalue weighted by molar-refractivity contribution is 0.311. The molecule has 20 heavy (non-hydrogen) atoms. The first-order valence-electron chi connectivity index (χ1n) is 7.29. The van der Waals surface area contributed by atoms with Crippen LogP contribution in [0.1, 0.15) is 44.0 Å². The predicted molar refractivity (Wildman–Crippen MR) is 84.0 cm³/mol. The van der Waals surface area contributed by atoms with E-state index in [1.165, 1.54) is 6.42 Å². The van der Waals surface area contributed by atoms with Gasteiger partial charge in [0.05, 0.1) is 6.07 Å². The molecule has 0 bridgehead atoms. The topological polar surface area (TPSA) is 61.6 Å². The zero-order valence-corrected chi connectivity index (χ0v) is 13.8. The number of hydrogen-bond donors (Lipinski definition) is 1. The highest BCUT2D eigenvalue weighted by Gasteiger charge is 2.42. The van der Waals surface area contributed by atoms with Crippen LogP contribution in [0.4, 0.5) is 0 Å². The van der Waals surface area contributed by atoms with Crippen molar-refractivity contribution in [3.63, 3.8) is 0 Å². The van der Waals surface area contributed by atoms with E-state index in [-0.39, 0.29) is 5.54 Å². The van der Waals surface area contributed by atoms with E-state index in [1.54, 1.807) is 23.1 Å². The van der Waals surface area contributed by atoms with E-state index in [1.807, 2.05) is 6.92 Å². The molecule has 0 aromatic carbocycles. The third-order valence-electron chi connectivity index (χ3n) is 3.91. The van der Waals surface area contributed by atoms with Crippen LogP contribution in [0.5, 0.6) is 0 Å². The van der Waals surface area contributed by atoms with Gasteiger partial charge in [0.15, 0.2) is 4.34 Å². The lowest BCUT2D eigenvalue weighted by Gasteiger charge is -2.29. The molecule has 1 N–H and O–H groups in total. The molecular formula is C14H22N4S2. The van der Waals surface area contributed by atoms with Crippen LogP contribution in [0, 0.1) is 24.2 Å². The van der Waals surface area contributed by atoms with Crippen LogP contribution >= 0.6 is 23.1 Å². The fraction of sp³-hybridized carbons (Fsp3) is 0.786. The minimum atomic E-state index is -0.284. The molecule has 1 aliphatic carbocycles. The van der Waals surface area contributed by atoms with Gasteiger partial charge in [-0.3, -0.25) is 5.32 Å². The molecule has 1 aromatic heterocycles. The van der Waals surface area contributed by atoms with Crippen molar-refractivity contribution < 1.29 is 0 Å². The Morgan fingerprint density at radius 1 is 1.55 bits per heavy atom. The lowest BCUT2D eigenvalue weighted by Crippen LogP contribution is -2.47. The number of nitrogens with zero attached hydrogens (tertiary/aromatic N) is 3. The molecule has 1 saturated carbocycles. The zero-order chi connectivity index (χ0) is 14.4. The van der Waals surface area contributed by atoms with Gasteiger partial charge in [-0.1, -0.05) is 36.4 Å². The molecule has 1 aliphatic rings. The number of hydrogen-bond acceptors (Lipinski definition) is 6. The molecule has 110 valence electrons. The van der Waals surface area contributed by atoms with Gasteiger partial charge in [0.25, 0.3) is 0 Å². The van der Waals surface area contributed by atoms with Crippen molar-refractivity contribution >= 4 is 23.1 Å². The summed E-state index contributed by atoms with van der Waals surface area (Å²) in [4.78, 5) is 0. The summed E-state index contributed by atoms with van der Waals surface area (Å²) in [6, 6.07) is 2.57. The normalized spacial score (nSPS) is 25.8. The standard InChI is InChI=1S/C14H22N4S2/c1-3-8-16-14(10-15)7-4-5-12(14)6-9-19-13-18-17-11(2)20-13/h12,16H,3-9H2,1-2H3. The Bertz CT molecular complexity index is 468. The van der Waals surface area contributed by atoms with E-state index in [0.717, 1.165) is 47.3 Å². The molecule has 6 heteroatoms. The summed E-state index contributed by atoms with van der Waals surface area (Å²) in [7, 11) is 0. The van der Waals surface area contributed by atoms with Crippen LogP contribution < -0.4 is 5.32 Å². The van der Waals surface area contributed by atoms with Crippen molar-refractivity contribution in [3.8, 4) is 6.07 Å². The summed E-state index contributed by atoms with van der Waals surface area (Å²) in [5.41, 5.74) is -0.284. The maximum absolute atomic E-state index is 9.59. The summed E-state index contributed by atoms with van der Waals surface area (Å²) in [5.74, 6) is 1.50. The summed E-state index contributed by atoms with van der Waals surface area (Å²) in [6.45, 7) is 5.07. The van der Waals surface area contributed by atoms with Crippen molar-refractivity contribution in [2.75, 3.05) is 12.3 Å².